The van der Waals surface area contributed by atoms with Gasteiger partial charge in [0.1, 0.15) is 22.7 Å². The lowest BCUT2D eigenvalue weighted by molar-refractivity contribution is 0.477. The number of fused-ring (bicyclic) bond motifs is 4. The second kappa shape index (κ2) is 14.2. The Balaban J connectivity index is 1.24. The van der Waals surface area contributed by atoms with Crippen molar-refractivity contribution in [2.45, 2.75) is 45.4 Å². The van der Waals surface area contributed by atoms with Gasteiger partial charge in [-0.1, -0.05) is 150 Å². The Labute approximate surface area is 350 Å². The average Bonchev–Trinajstić information content (AvgIpc) is 3.85. The molecule has 7 aromatic carbocycles. The van der Waals surface area contributed by atoms with Gasteiger partial charge in [-0.2, -0.15) is 0 Å². The number of phenolic OH excluding ortho intramolecular Hbond substituents is 1. The monoisotopic (exact) mass is 779 g/mol. The van der Waals surface area contributed by atoms with Gasteiger partial charge >= 0.3 is 0 Å². The van der Waals surface area contributed by atoms with Crippen LogP contribution in [0.1, 0.15) is 51.3 Å². The summed E-state index contributed by atoms with van der Waals surface area (Å²) >= 11 is 0. The minimum absolute atomic E-state index is 0.0627. The van der Waals surface area contributed by atoms with Crippen LogP contribution in [-0.2, 0) is 10.8 Å². The minimum atomic E-state index is -0.344. The number of nitrogens with zero attached hydrogens (tertiary/aromatic N) is 3. The topological polar surface area (TPSA) is 64.1 Å². The summed E-state index contributed by atoms with van der Waals surface area (Å²) in [5, 5.41) is 13.5. The smallest absolute Gasteiger partial charge is 0.149 e. The molecular weight excluding hydrogens is 735 g/mol. The summed E-state index contributed by atoms with van der Waals surface area (Å²) in [5.41, 5.74) is 14.2. The molecule has 0 unspecified atom stereocenters. The van der Waals surface area contributed by atoms with Gasteiger partial charge in [-0.3, -0.25) is 9.55 Å². The van der Waals surface area contributed by atoms with Crippen molar-refractivity contribution in [2.24, 2.45) is 0 Å². The maximum absolute atomic E-state index is 11.4. The third kappa shape index (κ3) is 6.34. The normalized spacial score (nSPS) is 12.2. The van der Waals surface area contributed by atoms with Gasteiger partial charge in [0.2, 0.25) is 0 Å². The zero-order valence-electron chi connectivity index (χ0n) is 34.4. The number of para-hydroxylation sites is 3. The summed E-state index contributed by atoms with van der Waals surface area (Å²) in [6, 6.07) is 58.8. The van der Waals surface area contributed by atoms with Crippen LogP contribution >= 0.6 is 0 Å². The predicted octanol–water partition coefficient (Wildman–Crippen LogP) is 14.3. The molecule has 10 rings (SSSR count). The molecule has 0 aliphatic heterocycles. The van der Waals surface area contributed by atoms with Crippen molar-refractivity contribution in [1.29, 1.82) is 0 Å². The Morgan fingerprint density at radius 1 is 0.517 bits per heavy atom. The van der Waals surface area contributed by atoms with E-state index < -0.39 is 0 Å². The molecule has 0 spiro atoms. The molecule has 0 amide bonds. The molecule has 3 aromatic heterocycles. The summed E-state index contributed by atoms with van der Waals surface area (Å²) < 4.78 is 8.58. The first-order valence-electron chi connectivity index (χ1n) is 20.5. The summed E-state index contributed by atoms with van der Waals surface area (Å²) in [6.07, 6.45) is 1.93. The van der Waals surface area contributed by atoms with Crippen LogP contribution in [0.25, 0.3) is 83.6 Å². The summed E-state index contributed by atoms with van der Waals surface area (Å²) in [4.78, 5) is 10.5. The van der Waals surface area contributed by atoms with E-state index in [-0.39, 0.29) is 16.6 Å². The lowest BCUT2D eigenvalue weighted by Crippen LogP contribution is -2.19. The van der Waals surface area contributed by atoms with E-state index in [1.54, 1.807) is 6.07 Å². The van der Waals surface area contributed by atoms with E-state index in [2.05, 4.69) is 167 Å². The van der Waals surface area contributed by atoms with E-state index in [0.29, 0.717) is 11.4 Å². The lowest BCUT2D eigenvalue weighted by Gasteiger charge is -2.27. The number of hydrogen-bond acceptors (Lipinski definition) is 4. The molecule has 0 saturated carbocycles. The molecule has 5 nitrogen and oxygen atoms in total. The molecule has 0 bridgehead atoms. The number of pyridine rings is 1. The average molecular weight is 780 g/mol. The molecule has 0 fully saturated rings. The number of hydrogen-bond donors (Lipinski definition) is 1. The highest BCUT2D eigenvalue weighted by Gasteiger charge is 2.27. The van der Waals surface area contributed by atoms with Crippen LogP contribution in [-0.4, -0.2) is 19.6 Å². The molecule has 0 aliphatic carbocycles. The quantitative estimate of drug-likeness (QED) is 0.175. The van der Waals surface area contributed by atoms with Gasteiger partial charge in [-0.05, 0) is 81.8 Å². The minimum Gasteiger partial charge on any atom is -0.507 e. The van der Waals surface area contributed by atoms with E-state index in [1.165, 1.54) is 11.1 Å². The van der Waals surface area contributed by atoms with Crippen molar-refractivity contribution in [3.05, 3.63) is 193 Å². The van der Waals surface area contributed by atoms with Crippen LogP contribution in [0.5, 0.6) is 5.75 Å². The van der Waals surface area contributed by atoms with E-state index in [1.807, 2.05) is 42.6 Å². The second-order valence-corrected chi connectivity index (χ2v) is 17.3. The van der Waals surface area contributed by atoms with E-state index in [4.69, 9.17) is 14.4 Å². The van der Waals surface area contributed by atoms with Crippen molar-refractivity contribution < 1.29 is 9.52 Å². The predicted molar refractivity (Wildman–Crippen MR) is 247 cm³/mol. The highest BCUT2D eigenvalue weighted by Crippen LogP contribution is 2.43. The van der Waals surface area contributed by atoms with Gasteiger partial charge in [0.15, 0.2) is 0 Å². The van der Waals surface area contributed by atoms with Crippen LogP contribution in [0.4, 0.5) is 0 Å². The number of aromatic nitrogens is 3. The van der Waals surface area contributed by atoms with Crippen molar-refractivity contribution in [3.63, 3.8) is 0 Å². The largest absolute Gasteiger partial charge is 0.507 e. The third-order valence-electron chi connectivity index (χ3n) is 12.0. The fraction of sp³-hybridized carbons (Fsp3) is 0.127. The molecule has 5 heteroatoms. The van der Waals surface area contributed by atoms with Gasteiger partial charge in [-0.25, -0.2) is 4.98 Å². The van der Waals surface area contributed by atoms with Crippen LogP contribution in [0.15, 0.2) is 180 Å². The van der Waals surface area contributed by atoms with Crippen LogP contribution < -0.4 is 0 Å². The van der Waals surface area contributed by atoms with Gasteiger partial charge < -0.3 is 9.52 Å². The Bertz CT molecular complexity index is 3220. The molecule has 0 aliphatic rings. The number of rotatable bonds is 7. The van der Waals surface area contributed by atoms with Crippen molar-refractivity contribution in [3.8, 4) is 56.3 Å². The lowest BCUT2D eigenvalue weighted by atomic mass is 9.76. The van der Waals surface area contributed by atoms with Gasteiger partial charge in [-0.15, -0.1) is 0 Å². The standard InChI is InChI=1S/C55H45N3O2/c1-54(2,3)39-27-28-47(44(32-39)35-17-8-6-9-18-35)58-48-24-16-23-41(52(48)57-53(58)43-22-12-14-25-49(43)59)36-29-37(31-40(30-36)55(4,5)38-19-10-7-11-20-38)46-33-51-45(34-56-46)42-21-13-15-26-50(42)60-51/h6-34,59H,1-5H3. The maximum atomic E-state index is 11.4. The first-order valence-corrected chi connectivity index (χ1v) is 20.5. The fourth-order valence-corrected chi connectivity index (χ4v) is 8.56. The van der Waals surface area contributed by atoms with Gasteiger partial charge in [0, 0.05) is 45.1 Å². The molecule has 292 valence electrons. The molecule has 10 aromatic rings. The highest BCUT2D eigenvalue weighted by molar-refractivity contribution is 6.05. The number of furan rings is 1. The molecule has 3 heterocycles. The Kier molecular flexibility index (Phi) is 8.80. The van der Waals surface area contributed by atoms with Crippen molar-refractivity contribution >= 4 is 33.0 Å². The maximum Gasteiger partial charge on any atom is 0.149 e. The molecule has 1 N–H and O–H groups in total. The number of benzene rings is 7. The number of imidazole rings is 1. The summed E-state index contributed by atoms with van der Waals surface area (Å²) in [6.45, 7) is 11.3. The van der Waals surface area contributed by atoms with Crippen molar-refractivity contribution in [2.75, 3.05) is 0 Å². The van der Waals surface area contributed by atoms with Crippen molar-refractivity contribution in [1.82, 2.24) is 14.5 Å². The number of aromatic hydroxyl groups is 1. The fourth-order valence-electron chi connectivity index (χ4n) is 8.56. The second-order valence-electron chi connectivity index (χ2n) is 17.3. The van der Waals surface area contributed by atoms with Crippen LogP contribution in [0, 0.1) is 0 Å². The Hall–Kier alpha value is -7.24. The molecular formula is C55H45N3O2. The summed E-state index contributed by atoms with van der Waals surface area (Å²) in [7, 11) is 0. The van der Waals surface area contributed by atoms with E-state index in [0.717, 1.165) is 77.7 Å². The van der Waals surface area contributed by atoms with E-state index in [9.17, 15) is 5.11 Å². The van der Waals surface area contributed by atoms with Crippen LogP contribution in [0.2, 0.25) is 0 Å². The molecule has 0 atom stereocenters. The molecule has 0 saturated heterocycles. The molecule has 0 radical (unpaired) electrons. The zero-order valence-corrected chi connectivity index (χ0v) is 34.4. The SMILES string of the molecule is CC(C)(C)c1ccc(-n2c(-c3ccccc3O)nc3c(-c4cc(-c5cc6oc7ccccc7c6cn5)cc(C(C)(C)c5ccccc5)c4)cccc32)c(-c2ccccc2)c1. The van der Waals surface area contributed by atoms with E-state index >= 15 is 0 Å². The molecule has 60 heavy (non-hydrogen) atoms. The third-order valence-corrected chi connectivity index (χ3v) is 12.0. The zero-order chi connectivity index (χ0) is 41.2. The first-order chi connectivity index (χ1) is 29.0. The van der Waals surface area contributed by atoms with Gasteiger partial charge in [0.25, 0.3) is 0 Å². The first kappa shape index (κ1) is 37.1. The Morgan fingerprint density at radius 3 is 2.00 bits per heavy atom. The summed E-state index contributed by atoms with van der Waals surface area (Å²) in [5.74, 6) is 0.832. The highest BCUT2D eigenvalue weighted by atomic mass is 16.3. The number of phenols is 1. The Morgan fingerprint density at radius 2 is 1.22 bits per heavy atom. The van der Waals surface area contributed by atoms with Gasteiger partial charge in [0.05, 0.1) is 28.0 Å². The van der Waals surface area contributed by atoms with Crippen LogP contribution in [0.3, 0.4) is 0 Å².